The second kappa shape index (κ2) is 5.19. The van der Waals surface area contributed by atoms with E-state index >= 15 is 0 Å². The zero-order valence-corrected chi connectivity index (χ0v) is 10.4. The molecule has 0 spiro atoms. The van der Waals surface area contributed by atoms with Gasteiger partial charge in [0.25, 0.3) is 0 Å². The van der Waals surface area contributed by atoms with Gasteiger partial charge in [-0.1, -0.05) is 19.8 Å². The van der Waals surface area contributed by atoms with Gasteiger partial charge in [-0.3, -0.25) is 0 Å². The zero-order valence-electron chi connectivity index (χ0n) is 10.4. The van der Waals surface area contributed by atoms with Crippen LogP contribution < -0.4 is 0 Å². The average molecular weight is 221 g/mol. The molecule has 2 saturated carbocycles. The van der Waals surface area contributed by atoms with E-state index in [1.54, 1.807) is 0 Å². The van der Waals surface area contributed by atoms with Crippen molar-refractivity contribution in [2.24, 2.45) is 17.3 Å². The van der Waals surface area contributed by atoms with Gasteiger partial charge in [-0.05, 0) is 43.9 Å². The molecule has 2 rings (SSSR count). The number of hydrogen-bond acceptors (Lipinski definition) is 2. The summed E-state index contributed by atoms with van der Waals surface area (Å²) in [6, 6.07) is 2.62. The Morgan fingerprint density at radius 1 is 1.38 bits per heavy atom. The smallest absolute Gasteiger partial charge is 0.0693 e. The third-order valence-corrected chi connectivity index (χ3v) is 4.53. The zero-order chi connectivity index (χ0) is 11.4. The summed E-state index contributed by atoms with van der Waals surface area (Å²) in [6.45, 7) is 3.83. The molecule has 0 N–H and O–H groups in total. The fraction of sp³-hybridized carbons (Fsp3) is 0.929. The van der Waals surface area contributed by atoms with E-state index < -0.39 is 0 Å². The lowest BCUT2D eigenvalue weighted by atomic mass is 9.72. The summed E-state index contributed by atoms with van der Waals surface area (Å²) in [7, 11) is 0. The van der Waals surface area contributed by atoms with Gasteiger partial charge < -0.3 is 4.74 Å². The number of rotatable bonds is 6. The fourth-order valence-corrected chi connectivity index (χ4v) is 3.55. The minimum atomic E-state index is -0.0187. The van der Waals surface area contributed by atoms with Crippen molar-refractivity contribution >= 4 is 0 Å². The highest BCUT2D eigenvalue weighted by Gasteiger charge is 2.50. The lowest BCUT2D eigenvalue weighted by Crippen LogP contribution is -2.27. The van der Waals surface area contributed by atoms with E-state index in [-0.39, 0.29) is 5.41 Å². The Morgan fingerprint density at radius 2 is 2.25 bits per heavy atom. The molecule has 2 aliphatic rings. The fourth-order valence-electron chi connectivity index (χ4n) is 3.55. The highest BCUT2D eigenvalue weighted by molar-refractivity contribution is 5.11. The molecule has 2 bridgehead atoms. The molecule has 3 atom stereocenters. The minimum Gasteiger partial charge on any atom is -0.381 e. The van der Waals surface area contributed by atoms with Gasteiger partial charge in [-0.15, -0.1) is 0 Å². The molecule has 2 aliphatic carbocycles. The summed E-state index contributed by atoms with van der Waals surface area (Å²) in [5, 5.41) is 9.44. The van der Waals surface area contributed by atoms with Crippen LogP contribution in [0.25, 0.3) is 0 Å². The predicted molar refractivity (Wildman–Crippen MR) is 63.8 cm³/mol. The molecule has 16 heavy (non-hydrogen) atoms. The van der Waals surface area contributed by atoms with Crippen LogP contribution in [0.1, 0.15) is 51.9 Å². The third-order valence-electron chi connectivity index (χ3n) is 4.53. The Hall–Kier alpha value is -0.550. The van der Waals surface area contributed by atoms with E-state index in [1.165, 1.54) is 25.7 Å². The van der Waals surface area contributed by atoms with E-state index in [2.05, 4.69) is 13.0 Å². The molecule has 0 amide bonds. The quantitative estimate of drug-likeness (QED) is 0.643. The SMILES string of the molecule is CCCCOCCC1(C#N)CC2CCC1C2. The first kappa shape index (κ1) is 11.9. The maximum absolute atomic E-state index is 9.44. The van der Waals surface area contributed by atoms with Crippen molar-refractivity contribution in [3.05, 3.63) is 0 Å². The van der Waals surface area contributed by atoms with Crippen LogP contribution in [0.15, 0.2) is 0 Å². The molecular formula is C14H23NO. The van der Waals surface area contributed by atoms with Gasteiger partial charge in [0.2, 0.25) is 0 Å². The Bertz CT molecular complexity index is 270. The second-order valence-electron chi connectivity index (χ2n) is 5.56. The minimum absolute atomic E-state index is 0.0187. The van der Waals surface area contributed by atoms with E-state index in [4.69, 9.17) is 4.74 Å². The van der Waals surface area contributed by atoms with Crippen molar-refractivity contribution in [3.63, 3.8) is 0 Å². The van der Waals surface area contributed by atoms with Gasteiger partial charge in [0.1, 0.15) is 0 Å². The topological polar surface area (TPSA) is 33.0 Å². The maximum atomic E-state index is 9.44. The summed E-state index contributed by atoms with van der Waals surface area (Å²) in [4.78, 5) is 0. The van der Waals surface area contributed by atoms with Crippen molar-refractivity contribution < 1.29 is 4.74 Å². The maximum Gasteiger partial charge on any atom is 0.0693 e. The highest BCUT2D eigenvalue weighted by Crippen LogP contribution is 2.57. The summed E-state index contributed by atoms with van der Waals surface area (Å²) < 4.78 is 5.62. The van der Waals surface area contributed by atoms with Crippen LogP contribution in [0, 0.1) is 28.6 Å². The van der Waals surface area contributed by atoms with E-state index in [9.17, 15) is 5.26 Å². The van der Waals surface area contributed by atoms with Crippen molar-refractivity contribution in [3.8, 4) is 6.07 Å². The predicted octanol–water partition coefficient (Wildman–Crippen LogP) is 3.52. The molecule has 0 aliphatic heterocycles. The monoisotopic (exact) mass is 221 g/mol. The van der Waals surface area contributed by atoms with Gasteiger partial charge in [-0.2, -0.15) is 5.26 Å². The van der Waals surface area contributed by atoms with Gasteiger partial charge in [0.15, 0.2) is 0 Å². The van der Waals surface area contributed by atoms with Crippen LogP contribution in [0.2, 0.25) is 0 Å². The highest BCUT2D eigenvalue weighted by atomic mass is 16.5. The van der Waals surface area contributed by atoms with E-state index in [1.807, 2.05) is 0 Å². The van der Waals surface area contributed by atoms with Crippen LogP contribution >= 0.6 is 0 Å². The summed E-state index contributed by atoms with van der Waals surface area (Å²) >= 11 is 0. The van der Waals surface area contributed by atoms with Crippen LogP contribution in [0.3, 0.4) is 0 Å². The number of ether oxygens (including phenoxy) is 1. The molecule has 2 heteroatoms. The molecule has 0 saturated heterocycles. The normalized spacial score (nSPS) is 36.5. The van der Waals surface area contributed by atoms with E-state index in [0.717, 1.165) is 38.4 Å². The Morgan fingerprint density at radius 3 is 2.81 bits per heavy atom. The van der Waals surface area contributed by atoms with Crippen molar-refractivity contribution in [1.82, 2.24) is 0 Å². The van der Waals surface area contributed by atoms with Gasteiger partial charge in [0.05, 0.1) is 11.5 Å². The van der Waals surface area contributed by atoms with Crippen molar-refractivity contribution in [1.29, 1.82) is 5.26 Å². The van der Waals surface area contributed by atoms with Gasteiger partial charge in [-0.25, -0.2) is 0 Å². The standard InChI is InChI=1S/C14H23NO/c1-2-3-7-16-8-6-14(11-15)10-12-4-5-13(14)9-12/h12-13H,2-10H2,1H3. The number of unbranched alkanes of at least 4 members (excludes halogenated alkanes) is 1. The summed E-state index contributed by atoms with van der Waals surface area (Å²) in [6.07, 6.45) is 8.40. The molecule has 0 aromatic rings. The third kappa shape index (κ3) is 2.25. The number of nitriles is 1. The molecule has 3 unspecified atom stereocenters. The summed E-state index contributed by atoms with van der Waals surface area (Å²) in [5.74, 6) is 1.53. The first-order valence-electron chi connectivity index (χ1n) is 6.80. The Labute approximate surface area is 99.0 Å². The number of nitrogens with zero attached hydrogens (tertiary/aromatic N) is 1. The van der Waals surface area contributed by atoms with Crippen molar-refractivity contribution in [2.45, 2.75) is 51.9 Å². The number of hydrogen-bond donors (Lipinski definition) is 0. The second-order valence-corrected chi connectivity index (χ2v) is 5.56. The van der Waals surface area contributed by atoms with Gasteiger partial charge in [0, 0.05) is 13.2 Å². The molecule has 0 aromatic heterocycles. The van der Waals surface area contributed by atoms with Crippen LogP contribution in [-0.4, -0.2) is 13.2 Å². The van der Waals surface area contributed by atoms with E-state index in [0.29, 0.717) is 5.92 Å². The van der Waals surface area contributed by atoms with Crippen LogP contribution in [0.4, 0.5) is 0 Å². The molecule has 2 nitrogen and oxygen atoms in total. The Kier molecular flexibility index (Phi) is 3.86. The van der Waals surface area contributed by atoms with Gasteiger partial charge >= 0.3 is 0 Å². The lowest BCUT2D eigenvalue weighted by molar-refractivity contribution is 0.0887. The number of fused-ring (bicyclic) bond motifs is 2. The first-order chi connectivity index (χ1) is 7.80. The molecule has 0 radical (unpaired) electrons. The molecule has 90 valence electrons. The molecular weight excluding hydrogens is 198 g/mol. The van der Waals surface area contributed by atoms with Crippen LogP contribution in [-0.2, 0) is 4.74 Å². The average Bonchev–Trinajstić information content (AvgIpc) is 2.89. The molecule has 0 aromatic carbocycles. The Balaban J connectivity index is 1.76. The first-order valence-corrected chi connectivity index (χ1v) is 6.80. The summed E-state index contributed by atoms with van der Waals surface area (Å²) in [5.41, 5.74) is -0.0187. The lowest BCUT2D eigenvalue weighted by Gasteiger charge is -2.30. The van der Waals surface area contributed by atoms with Crippen LogP contribution in [0.5, 0.6) is 0 Å². The van der Waals surface area contributed by atoms with Crippen molar-refractivity contribution in [2.75, 3.05) is 13.2 Å². The molecule has 2 fully saturated rings. The largest absolute Gasteiger partial charge is 0.381 e. The molecule has 0 heterocycles.